The maximum absolute atomic E-state index is 12.5. The molecule has 25 heavy (non-hydrogen) atoms. The Bertz CT molecular complexity index is 856. The topological polar surface area (TPSA) is 52.6 Å². The van der Waals surface area contributed by atoms with Gasteiger partial charge in [0.05, 0.1) is 5.56 Å². The largest absolute Gasteiger partial charge is 0.373 e. The Kier molecular flexibility index (Phi) is 4.55. The zero-order valence-electron chi connectivity index (χ0n) is 14.5. The predicted molar refractivity (Wildman–Crippen MR) is 95.1 cm³/mol. The normalized spacial score (nSPS) is 15.3. The van der Waals surface area contributed by atoms with Crippen molar-refractivity contribution >= 4 is 17.8 Å². The van der Waals surface area contributed by atoms with Crippen molar-refractivity contribution in [2.45, 2.75) is 32.8 Å². The fraction of sp³-hybridized carbons (Fsp3) is 0.238. The summed E-state index contributed by atoms with van der Waals surface area (Å²) in [6.45, 7) is 5.38. The van der Waals surface area contributed by atoms with Gasteiger partial charge >= 0.3 is 5.97 Å². The summed E-state index contributed by atoms with van der Waals surface area (Å²) in [5.74, 6) is -0.574. The monoisotopic (exact) mass is 336 g/mol. The lowest BCUT2D eigenvalue weighted by atomic mass is 10.0. The molecule has 0 heterocycles. The van der Waals surface area contributed by atoms with Crippen molar-refractivity contribution in [3.05, 3.63) is 76.4 Å². The first kappa shape index (κ1) is 17.1. The maximum Gasteiger partial charge on any atom is 0.373 e. The number of benzene rings is 2. The highest BCUT2D eigenvalue weighted by Gasteiger charge is 2.25. The summed E-state index contributed by atoms with van der Waals surface area (Å²) in [5.41, 5.74) is 2.81. The Morgan fingerprint density at radius 3 is 2.44 bits per heavy atom. The number of hydrogen-bond donors (Lipinski definition) is 0. The third-order valence-electron chi connectivity index (χ3n) is 3.81. The average molecular weight is 336 g/mol. The van der Waals surface area contributed by atoms with Gasteiger partial charge in [-0.05, 0) is 44.0 Å². The number of ketones is 1. The zero-order chi connectivity index (χ0) is 18.0. The number of carbonyl (C=O) groups is 2. The van der Waals surface area contributed by atoms with E-state index in [4.69, 9.17) is 9.78 Å². The molecule has 0 radical (unpaired) electrons. The van der Waals surface area contributed by atoms with E-state index in [9.17, 15) is 9.59 Å². The van der Waals surface area contributed by atoms with Crippen molar-refractivity contribution in [1.29, 1.82) is 0 Å². The molecule has 0 spiro atoms. The minimum absolute atomic E-state index is 0.00436. The lowest BCUT2D eigenvalue weighted by Gasteiger charge is -2.17. The second kappa shape index (κ2) is 6.65. The number of fused-ring (bicyclic) bond motifs is 1. The molecule has 0 saturated carbocycles. The molecule has 0 fully saturated rings. The highest BCUT2D eigenvalue weighted by atomic mass is 17.2. The molecule has 3 rings (SSSR count). The van der Waals surface area contributed by atoms with Crippen LogP contribution in [-0.2, 0) is 16.2 Å². The molecule has 0 unspecified atom stereocenters. The first-order valence-electron chi connectivity index (χ1n) is 8.17. The van der Waals surface area contributed by atoms with Gasteiger partial charge in [-0.3, -0.25) is 9.68 Å². The van der Waals surface area contributed by atoms with E-state index in [1.54, 1.807) is 45.0 Å². The van der Waals surface area contributed by atoms with Crippen molar-refractivity contribution in [3.63, 3.8) is 0 Å². The summed E-state index contributed by atoms with van der Waals surface area (Å²) >= 11 is 0. The summed E-state index contributed by atoms with van der Waals surface area (Å²) in [7, 11) is 0. The second-order valence-electron chi connectivity index (χ2n) is 6.99. The Hall–Kier alpha value is -2.72. The third-order valence-corrected chi connectivity index (χ3v) is 3.81. The summed E-state index contributed by atoms with van der Waals surface area (Å²) in [5, 5.41) is 0. The molecule has 4 heteroatoms. The minimum Gasteiger partial charge on any atom is -0.292 e. The smallest absolute Gasteiger partial charge is 0.292 e. The van der Waals surface area contributed by atoms with Crippen LogP contribution >= 0.6 is 0 Å². The molecule has 0 aliphatic heterocycles. The highest BCUT2D eigenvalue weighted by Crippen LogP contribution is 2.28. The molecular formula is C21H20O4. The molecular weight excluding hydrogens is 316 g/mol. The van der Waals surface area contributed by atoms with Crippen LogP contribution in [0.15, 0.2) is 54.1 Å². The van der Waals surface area contributed by atoms with Gasteiger partial charge in [0.25, 0.3) is 0 Å². The van der Waals surface area contributed by atoms with Crippen LogP contribution < -0.4 is 0 Å². The molecule has 0 N–H and O–H groups in total. The van der Waals surface area contributed by atoms with Gasteiger partial charge in [-0.15, -0.1) is 0 Å². The Morgan fingerprint density at radius 2 is 1.72 bits per heavy atom. The maximum atomic E-state index is 12.5. The van der Waals surface area contributed by atoms with E-state index in [-0.39, 0.29) is 5.78 Å². The van der Waals surface area contributed by atoms with Crippen LogP contribution in [0.25, 0.3) is 6.08 Å². The zero-order valence-corrected chi connectivity index (χ0v) is 14.5. The van der Waals surface area contributed by atoms with Crippen LogP contribution in [0.2, 0.25) is 0 Å². The summed E-state index contributed by atoms with van der Waals surface area (Å²) in [6, 6.07) is 14.6. The van der Waals surface area contributed by atoms with Crippen LogP contribution in [-0.4, -0.2) is 17.4 Å². The number of rotatable bonds is 3. The van der Waals surface area contributed by atoms with E-state index >= 15 is 0 Å². The molecule has 4 nitrogen and oxygen atoms in total. The first-order chi connectivity index (χ1) is 11.8. The predicted octanol–water partition coefficient (Wildman–Crippen LogP) is 4.40. The quantitative estimate of drug-likeness (QED) is 0.474. The Balaban J connectivity index is 1.87. The Labute approximate surface area is 147 Å². The van der Waals surface area contributed by atoms with Crippen molar-refractivity contribution in [2.75, 3.05) is 0 Å². The van der Waals surface area contributed by atoms with Crippen LogP contribution in [0.1, 0.15) is 52.6 Å². The van der Waals surface area contributed by atoms with Gasteiger partial charge in [-0.2, -0.15) is 4.89 Å². The van der Waals surface area contributed by atoms with Crippen LogP contribution in [0.4, 0.5) is 0 Å². The van der Waals surface area contributed by atoms with Crippen molar-refractivity contribution < 1.29 is 19.4 Å². The van der Waals surface area contributed by atoms with Gasteiger partial charge in [0.2, 0.25) is 0 Å². The van der Waals surface area contributed by atoms with Gasteiger partial charge < -0.3 is 0 Å². The highest BCUT2D eigenvalue weighted by molar-refractivity contribution is 6.15. The molecule has 2 aromatic rings. The third kappa shape index (κ3) is 3.86. The van der Waals surface area contributed by atoms with E-state index < -0.39 is 11.6 Å². The molecule has 0 atom stereocenters. The Morgan fingerprint density at radius 1 is 1.04 bits per heavy atom. The van der Waals surface area contributed by atoms with E-state index in [1.165, 1.54) is 0 Å². The standard InChI is InChI=1S/C21H20O4/c1-21(2,3)25-24-20(23)18-11-7-5-9-15(18)13-16-12-14-8-4-6-10-17(14)19(16)22/h4-11,13H,12H2,1-3H3/b16-13+. The second-order valence-corrected chi connectivity index (χ2v) is 6.99. The molecule has 0 aromatic heterocycles. The van der Waals surface area contributed by atoms with Crippen molar-refractivity contribution in [1.82, 2.24) is 0 Å². The molecule has 0 bridgehead atoms. The number of hydrogen-bond acceptors (Lipinski definition) is 4. The molecule has 1 aliphatic carbocycles. The summed E-state index contributed by atoms with van der Waals surface area (Å²) in [4.78, 5) is 34.9. The molecule has 0 amide bonds. The summed E-state index contributed by atoms with van der Waals surface area (Å²) < 4.78 is 0. The van der Waals surface area contributed by atoms with Gasteiger partial charge in [0, 0.05) is 17.6 Å². The lowest BCUT2D eigenvalue weighted by Crippen LogP contribution is -2.22. The lowest BCUT2D eigenvalue weighted by molar-refractivity contribution is -0.301. The fourth-order valence-corrected chi connectivity index (χ4v) is 2.68. The molecule has 0 saturated heterocycles. The van der Waals surface area contributed by atoms with Crippen LogP contribution in [0.5, 0.6) is 0 Å². The van der Waals surface area contributed by atoms with E-state index in [1.807, 2.05) is 30.3 Å². The van der Waals surface area contributed by atoms with Crippen LogP contribution in [0.3, 0.4) is 0 Å². The van der Waals surface area contributed by atoms with Crippen molar-refractivity contribution in [3.8, 4) is 0 Å². The number of allylic oxidation sites excluding steroid dienone is 1. The van der Waals surface area contributed by atoms with Gasteiger partial charge in [0.1, 0.15) is 5.60 Å². The van der Waals surface area contributed by atoms with E-state index in [0.29, 0.717) is 23.1 Å². The van der Waals surface area contributed by atoms with Gasteiger partial charge in [-0.25, -0.2) is 4.79 Å². The molecule has 128 valence electrons. The SMILES string of the molecule is CC(C)(C)OOC(=O)c1ccccc1/C=C1\Cc2ccccc2C1=O. The molecule has 2 aromatic carbocycles. The molecule has 1 aliphatic rings. The number of carbonyl (C=O) groups excluding carboxylic acids is 2. The van der Waals surface area contributed by atoms with Crippen LogP contribution in [0, 0.1) is 0 Å². The fourth-order valence-electron chi connectivity index (χ4n) is 2.68. The van der Waals surface area contributed by atoms with Crippen molar-refractivity contribution in [2.24, 2.45) is 0 Å². The summed E-state index contributed by atoms with van der Waals surface area (Å²) in [6.07, 6.45) is 2.33. The average Bonchev–Trinajstić information content (AvgIpc) is 2.89. The number of Topliss-reactive ketones (excluding diaryl/α,β-unsaturated/α-hetero) is 1. The van der Waals surface area contributed by atoms with Gasteiger partial charge in [-0.1, -0.05) is 42.5 Å². The minimum atomic E-state index is -0.591. The first-order valence-corrected chi connectivity index (χ1v) is 8.17. The van der Waals surface area contributed by atoms with E-state index in [0.717, 1.165) is 11.1 Å². The van der Waals surface area contributed by atoms with Gasteiger partial charge in [0.15, 0.2) is 5.78 Å². The van der Waals surface area contributed by atoms with E-state index in [2.05, 4.69) is 0 Å².